The van der Waals surface area contributed by atoms with E-state index in [4.69, 9.17) is 0 Å². The second kappa shape index (κ2) is 9.07. The molecule has 2 fully saturated rings. The minimum atomic E-state index is -1.65. The van der Waals surface area contributed by atoms with E-state index in [9.17, 15) is 24.5 Å². The van der Waals surface area contributed by atoms with Gasteiger partial charge in [-0.05, 0) is 29.3 Å². The molecule has 6 rings (SSSR count). The highest BCUT2D eigenvalue weighted by atomic mass is 16.6. The van der Waals surface area contributed by atoms with E-state index in [1.807, 2.05) is 35.2 Å². The standard InChI is InChI=1S/C28H25N5O5/c34-25-28(26(35)32(27(36)29-25)21-9-5-2-6-10-21)16-20-15-22(33(37)38)11-12-23(20)31-14-13-30(18-24(28)31)17-19-7-3-1-4-8-19/h1-12,15,24H,13-14,16-18H2,(H,29,34,36)/t24-,28+/m1/s1. The summed E-state index contributed by atoms with van der Waals surface area (Å²) in [5.74, 6) is -1.29. The number of nitro groups is 1. The van der Waals surface area contributed by atoms with Gasteiger partial charge < -0.3 is 4.90 Å². The van der Waals surface area contributed by atoms with Gasteiger partial charge in [-0.3, -0.25) is 29.9 Å². The quantitative estimate of drug-likeness (QED) is 0.325. The normalized spacial score (nSPS) is 23.2. The molecule has 0 aliphatic carbocycles. The largest absolute Gasteiger partial charge is 0.364 e. The lowest BCUT2D eigenvalue weighted by atomic mass is 9.67. The lowest BCUT2D eigenvalue weighted by Gasteiger charge is -2.55. The van der Waals surface area contributed by atoms with Crippen molar-refractivity contribution in [2.75, 3.05) is 29.4 Å². The smallest absolute Gasteiger partial charge is 0.335 e. The Labute approximate surface area is 218 Å². The van der Waals surface area contributed by atoms with Crippen LogP contribution in [0.3, 0.4) is 0 Å². The number of imide groups is 2. The van der Waals surface area contributed by atoms with Crippen molar-refractivity contribution >= 4 is 34.9 Å². The Hall–Kier alpha value is -4.57. The number of carbonyl (C=O) groups excluding carboxylic acids is 3. The molecule has 0 bridgehead atoms. The molecule has 10 nitrogen and oxygen atoms in total. The molecule has 0 radical (unpaired) electrons. The molecule has 4 amide bonds. The highest BCUT2D eigenvalue weighted by Gasteiger charge is 2.63. The van der Waals surface area contributed by atoms with E-state index in [2.05, 4.69) is 10.2 Å². The van der Waals surface area contributed by atoms with E-state index in [-0.39, 0.29) is 12.1 Å². The van der Waals surface area contributed by atoms with Crippen LogP contribution in [-0.2, 0) is 22.6 Å². The second-order valence-electron chi connectivity index (χ2n) is 9.88. The Morgan fingerprint density at radius 2 is 1.66 bits per heavy atom. The van der Waals surface area contributed by atoms with Crippen molar-refractivity contribution in [2.45, 2.75) is 19.0 Å². The number of barbiturate groups is 1. The number of nitrogens with one attached hydrogen (secondary N) is 1. The number of urea groups is 1. The van der Waals surface area contributed by atoms with Crippen LogP contribution in [0.5, 0.6) is 0 Å². The lowest BCUT2D eigenvalue weighted by molar-refractivity contribution is -0.384. The van der Waals surface area contributed by atoms with E-state index < -0.39 is 34.2 Å². The number of fused-ring (bicyclic) bond motifs is 4. The number of rotatable bonds is 4. The van der Waals surface area contributed by atoms with Gasteiger partial charge in [0.2, 0.25) is 5.91 Å². The Balaban J connectivity index is 1.46. The monoisotopic (exact) mass is 511 g/mol. The predicted octanol–water partition coefficient (Wildman–Crippen LogP) is 3.11. The fourth-order valence-corrected chi connectivity index (χ4v) is 5.98. The summed E-state index contributed by atoms with van der Waals surface area (Å²) in [7, 11) is 0. The molecule has 0 saturated carbocycles. The lowest BCUT2D eigenvalue weighted by Crippen LogP contribution is -2.75. The average Bonchev–Trinajstić information content (AvgIpc) is 2.92. The third-order valence-electron chi connectivity index (χ3n) is 7.76. The highest BCUT2D eigenvalue weighted by Crippen LogP contribution is 2.47. The number of anilines is 2. The van der Waals surface area contributed by atoms with E-state index in [0.717, 1.165) is 16.2 Å². The minimum Gasteiger partial charge on any atom is -0.364 e. The summed E-state index contributed by atoms with van der Waals surface area (Å²) in [6.45, 7) is 2.24. The topological polar surface area (TPSA) is 116 Å². The molecular formula is C28H25N5O5. The van der Waals surface area contributed by atoms with Gasteiger partial charge >= 0.3 is 6.03 Å². The number of nitrogens with zero attached hydrogens (tertiary/aromatic N) is 4. The van der Waals surface area contributed by atoms with Gasteiger partial charge in [0, 0.05) is 50.4 Å². The van der Waals surface area contributed by atoms with Gasteiger partial charge in [-0.1, -0.05) is 48.5 Å². The third kappa shape index (κ3) is 3.72. The highest BCUT2D eigenvalue weighted by molar-refractivity contribution is 6.30. The zero-order valence-corrected chi connectivity index (χ0v) is 20.4. The molecule has 0 unspecified atom stereocenters. The van der Waals surface area contributed by atoms with E-state index in [1.54, 1.807) is 36.4 Å². The van der Waals surface area contributed by atoms with E-state index in [1.165, 1.54) is 12.1 Å². The van der Waals surface area contributed by atoms with Gasteiger partial charge in [0.1, 0.15) is 0 Å². The van der Waals surface area contributed by atoms with Crippen molar-refractivity contribution in [3.05, 3.63) is 100 Å². The zero-order chi connectivity index (χ0) is 26.4. The molecule has 3 aliphatic heterocycles. The van der Waals surface area contributed by atoms with Crippen LogP contribution in [-0.4, -0.2) is 53.3 Å². The number of amides is 4. The summed E-state index contributed by atoms with van der Waals surface area (Å²) in [4.78, 5) is 57.4. The van der Waals surface area contributed by atoms with Crippen molar-refractivity contribution in [2.24, 2.45) is 5.41 Å². The van der Waals surface area contributed by atoms with Crippen molar-refractivity contribution in [1.29, 1.82) is 0 Å². The number of hydrogen-bond acceptors (Lipinski definition) is 7. The Morgan fingerprint density at radius 1 is 0.947 bits per heavy atom. The zero-order valence-electron chi connectivity index (χ0n) is 20.4. The van der Waals surface area contributed by atoms with Gasteiger partial charge in [0.15, 0.2) is 5.41 Å². The first kappa shape index (κ1) is 23.8. The number of benzene rings is 3. The van der Waals surface area contributed by atoms with Crippen molar-refractivity contribution in [1.82, 2.24) is 10.2 Å². The number of non-ortho nitro benzene ring substituents is 1. The summed E-state index contributed by atoms with van der Waals surface area (Å²) >= 11 is 0. The molecule has 38 heavy (non-hydrogen) atoms. The fraction of sp³-hybridized carbons (Fsp3) is 0.250. The summed E-state index contributed by atoms with van der Waals surface area (Å²) in [6, 6.07) is 21.7. The molecule has 3 aliphatic rings. The summed E-state index contributed by atoms with van der Waals surface area (Å²) in [6.07, 6.45) is -0.0500. The Bertz CT molecular complexity index is 1450. The molecule has 3 aromatic carbocycles. The maximum Gasteiger partial charge on any atom is 0.335 e. The second-order valence-corrected chi connectivity index (χ2v) is 9.88. The fourth-order valence-electron chi connectivity index (χ4n) is 5.98. The van der Waals surface area contributed by atoms with Crippen molar-refractivity contribution in [3.8, 4) is 0 Å². The minimum absolute atomic E-state index is 0.0500. The van der Waals surface area contributed by atoms with Crippen LogP contribution in [0.4, 0.5) is 21.9 Å². The molecule has 2 saturated heterocycles. The molecule has 10 heteroatoms. The van der Waals surface area contributed by atoms with Crippen LogP contribution in [0, 0.1) is 15.5 Å². The molecule has 1 spiro atoms. The molecule has 2 atom stereocenters. The summed E-state index contributed by atoms with van der Waals surface area (Å²) < 4.78 is 0. The first-order valence-electron chi connectivity index (χ1n) is 12.4. The Kier molecular flexibility index (Phi) is 5.68. The SMILES string of the molecule is O=C1NC(=O)[C@@]2(Cc3cc([N+](=O)[O-])ccc3N3CCN(Cc4ccccc4)C[C@@H]32)C(=O)N1c1ccccc1. The van der Waals surface area contributed by atoms with Gasteiger partial charge in [0.25, 0.3) is 11.6 Å². The predicted molar refractivity (Wildman–Crippen MR) is 140 cm³/mol. The van der Waals surface area contributed by atoms with E-state index in [0.29, 0.717) is 37.4 Å². The van der Waals surface area contributed by atoms with Crippen LogP contribution in [0.15, 0.2) is 78.9 Å². The van der Waals surface area contributed by atoms with Crippen LogP contribution in [0.2, 0.25) is 0 Å². The van der Waals surface area contributed by atoms with E-state index >= 15 is 0 Å². The maximum absolute atomic E-state index is 14.3. The van der Waals surface area contributed by atoms with Crippen LogP contribution < -0.4 is 15.1 Å². The number of nitro benzene ring substituents is 1. The van der Waals surface area contributed by atoms with Gasteiger partial charge in [-0.25, -0.2) is 9.69 Å². The van der Waals surface area contributed by atoms with Crippen molar-refractivity contribution < 1.29 is 19.3 Å². The first-order valence-corrected chi connectivity index (χ1v) is 12.4. The van der Waals surface area contributed by atoms with Crippen molar-refractivity contribution in [3.63, 3.8) is 0 Å². The number of carbonyl (C=O) groups is 3. The molecule has 0 aromatic heterocycles. The third-order valence-corrected chi connectivity index (χ3v) is 7.76. The van der Waals surface area contributed by atoms with Crippen LogP contribution in [0.1, 0.15) is 11.1 Å². The summed E-state index contributed by atoms with van der Waals surface area (Å²) in [5, 5.41) is 14.0. The maximum atomic E-state index is 14.3. The average molecular weight is 512 g/mol. The molecule has 3 heterocycles. The first-order chi connectivity index (χ1) is 18.4. The summed E-state index contributed by atoms with van der Waals surface area (Å²) in [5.41, 5.74) is 1.02. The number of piperazine rings is 1. The number of hydrogen-bond donors (Lipinski definition) is 1. The van der Waals surface area contributed by atoms with Gasteiger partial charge in [-0.2, -0.15) is 0 Å². The van der Waals surface area contributed by atoms with Gasteiger partial charge in [-0.15, -0.1) is 0 Å². The van der Waals surface area contributed by atoms with Gasteiger partial charge in [0.05, 0.1) is 16.7 Å². The van der Waals surface area contributed by atoms with Crippen LogP contribution >= 0.6 is 0 Å². The molecule has 1 N–H and O–H groups in total. The molecular weight excluding hydrogens is 486 g/mol. The number of para-hydroxylation sites is 1. The van der Waals surface area contributed by atoms with Crippen LogP contribution in [0.25, 0.3) is 0 Å². The molecule has 192 valence electrons. The Morgan fingerprint density at radius 3 is 2.37 bits per heavy atom. The molecule has 3 aromatic rings.